The van der Waals surface area contributed by atoms with Gasteiger partial charge in [-0.2, -0.15) is 0 Å². The normalized spacial score (nSPS) is 16.0. The molecule has 4 rings (SSSR count). The van der Waals surface area contributed by atoms with Gasteiger partial charge in [-0.25, -0.2) is 4.98 Å². The van der Waals surface area contributed by atoms with Gasteiger partial charge in [0.1, 0.15) is 5.82 Å². The topological polar surface area (TPSA) is 30.3 Å². The monoisotopic (exact) mass is 447 g/mol. The van der Waals surface area contributed by atoms with E-state index in [1.807, 2.05) is 0 Å². The Morgan fingerprint density at radius 2 is 1.67 bits per heavy atom. The molecule has 3 aromatic rings. The molecule has 4 heteroatoms. The third kappa shape index (κ3) is 6.45. The van der Waals surface area contributed by atoms with Crippen molar-refractivity contribution in [1.29, 1.82) is 0 Å². The standard InChI is InChI=1S/C29H41N3O/c1-5-33-21-20-32-27-9-7-6-8-26(27)30-28(32)25-15-18-31(19-16-25)22-24-12-10-23(11-13-24)14-17-29(2,3)4/h6-13,25H,5,14-22H2,1-4H3. The van der Waals surface area contributed by atoms with Gasteiger partial charge in [-0.15, -0.1) is 0 Å². The number of ether oxygens (including phenoxy) is 1. The molecule has 4 nitrogen and oxygen atoms in total. The van der Waals surface area contributed by atoms with Gasteiger partial charge in [0, 0.05) is 25.6 Å². The van der Waals surface area contributed by atoms with Crippen LogP contribution >= 0.6 is 0 Å². The molecule has 33 heavy (non-hydrogen) atoms. The van der Waals surface area contributed by atoms with Gasteiger partial charge in [0.25, 0.3) is 0 Å². The van der Waals surface area contributed by atoms with E-state index in [0.717, 1.165) is 44.9 Å². The number of benzene rings is 2. The number of fused-ring (bicyclic) bond motifs is 1. The fourth-order valence-electron chi connectivity index (χ4n) is 4.88. The molecule has 2 aromatic carbocycles. The number of imidazole rings is 1. The van der Waals surface area contributed by atoms with E-state index < -0.39 is 0 Å². The van der Waals surface area contributed by atoms with Crippen molar-refractivity contribution in [3.8, 4) is 0 Å². The first-order chi connectivity index (χ1) is 15.9. The van der Waals surface area contributed by atoms with Crippen LogP contribution < -0.4 is 0 Å². The Hall–Kier alpha value is -2.17. The Morgan fingerprint density at radius 1 is 0.970 bits per heavy atom. The van der Waals surface area contributed by atoms with Gasteiger partial charge in [0.2, 0.25) is 0 Å². The van der Waals surface area contributed by atoms with Crippen LogP contribution in [0.4, 0.5) is 0 Å². The lowest BCUT2D eigenvalue weighted by Gasteiger charge is -2.32. The highest BCUT2D eigenvalue weighted by atomic mass is 16.5. The summed E-state index contributed by atoms with van der Waals surface area (Å²) in [6, 6.07) is 17.8. The molecule has 0 bridgehead atoms. The minimum Gasteiger partial charge on any atom is -0.380 e. The van der Waals surface area contributed by atoms with Crippen molar-refractivity contribution in [2.45, 2.75) is 72.4 Å². The number of aromatic nitrogens is 2. The third-order valence-corrected chi connectivity index (χ3v) is 6.89. The molecule has 2 heterocycles. The molecular formula is C29H41N3O. The average Bonchev–Trinajstić information content (AvgIpc) is 3.17. The van der Waals surface area contributed by atoms with Crippen LogP contribution in [-0.4, -0.2) is 40.8 Å². The van der Waals surface area contributed by atoms with Crippen LogP contribution in [0, 0.1) is 5.41 Å². The first-order valence-corrected chi connectivity index (χ1v) is 12.8. The fourth-order valence-corrected chi connectivity index (χ4v) is 4.88. The number of hydrogen-bond donors (Lipinski definition) is 0. The molecular weight excluding hydrogens is 406 g/mol. The van der Waals surface area contributed by atoms with Crippen molar-refractivity contribution in [2.75, 3.05) is 26.3 Å². The van der Waals surface area contributed by atoms with Crippen LogP contribution in [0.3, 0.4) is 0 Å². The summed E-state index contributed by atoms with van der Waals surface area (Å²) in [4.78, 5) is 7.66. The number of piperidine rings is 1. The molecule has 0 N–H and O–H groups in total. The van der Waals surface area contributed by atoms with E-state index in [4.69, 9.17) is 9.72 Å². The lowest BCUT2D eigenvalue weighted by Crippen LogP contribution is -2.33. The van der Waals surface area contributed by atoms with Gasteiger partial charge in [-0.05, 0) is 74.4 Å². The van der Waals surface area contributed by atoms with E-state index in [2.05, 4.69) is 85.7 Å². The maximum atomic E-state index is 5.66. The summed E-state index contributed by atoms with van der Waals surface area (Å²) in [5.74, 6) is 1.77. The van der Waals surface area contributed by atoms with Crippen LogP contribution in [0.1, 0.15) is 69.8 Å². The molecule has 0 spiro atoms. The van der Waals surface area contributed by atoms with Gasteiger partial charge in [-0.1, -0.05) is 57.2 Å². The molecule has 1 aliphatic heterocycles. The van der Waals surface area contributed by atoms with Crippen molar-refractivity contribution in [3.05, 3.63) is 65.5 Å². The Kier molecular flexibility index (Phi) is 7.87. The number of rotatable bonds is 9. The third-order valence-electron chi connectivity index (χ3n) is 6.89. The molecule has 0 atom stereocenters. The number of hydrogen-bond acceptors (Lipinski definition) is 3. The largest absolute Gasteiger partial charge is 0.380 e. The number of likely N-dealkylation sites (tertiary alicyclic amines) is 1. The zero-order valence-electron chi connectivity index (χ0n) is 21.0. The van der Waals surface area contributed by atoms with E-state index in [9.17, 15) is 0 Å². The van der Waals surface area contributed by atoms with E-state index in [1.54, 1.807) is 0 Å². The Labute approximate surface area is 200 Å². The van der Waals surface area contributed by atoms with E-state index >= 15 is 0 Å². The first-order valence-electron chi connectivity index (χ1n) is 12.8. The molecule has 0 aliphatic carbocycles. The Bertz CT molecular complexity index is 1010. The summed E-state index contributed by atoms with van der Waals surface area (Å²) in [5.41, 5.74) is 5.63. The second-order valence-electron chi connectivity index (χ2n) is 10.7. The summed E-state index contributed by atoms with van der Waals surface area (Å²) in [7, 11) is 0. The van der Waals surface area contributed by atoms with Crippen molar-refractivity contribution >= 4 is 11.0 Å². The number of aryl methyl sites for hydroxylation is 1. The second-order valence-corrected chi connectivity index (χ2v) is 10.7. The zero-order valence-corrected chi connectivity index (χ0v) is 21.0. The summed E-state index contributed by atoms with van der Waals surface area (Å²) < 4.78 is 8.07. The van der Waals surface area contributed by atoms with Crippen molar-refractivity contribution in [3.63, 3.8) is 0 Å². The quantitative estimate of drug-likeness (QED) is 0.354. The summed E-state index contributed by atoms with van der Waals surface area (Å²) in [6.45, 7) is 14.7. The minimum atomic E-state index is 0.395. The van der Waals surface area contributed by atoms with Crippen LogP contribution in [0.2, 0.25) is 0 Å². The maximum absolute atomic E-state index is 5.66. The van der Waals surface area contributed by atoms with Gasteiger partial charge in [0.15, 0.2) is 0 Å². The molecule has 0 saturated carbocycles. The second kappa shape index (κ2) is 10.8. The predicted molar refractivity (Wildman–Crippen MR) is 138 cm³/mol. The Morgan fingerprint density at radius 3 is 2.36 bits per heavy atom. The van der Waals surface area contributed by atoms with Crippen LogP contribution in [0.15, 0.2) is 48.5 Å². The van der Waals surface area contributed by atoms with Crippen molar-refractivity contribution < 1.29 is 4.74 Å². The highest BCUT2D eigenvalue weighted by molar-refractivity contribution is 5.76. The molecule has 178 valence electrons. The Balaban J connectivity index is 1.35. The van der Waals surface area contributed by atoms with Crippen LogP contribution in [-0.2, 0) is 24.2 Å². The zero-order chi connectivity index (χ0) is 23.3. The van der Waals surface area contributed by atoms with Gasteiger partial charge >= 0.3 is 0 Å². The lowest BCUT2D eigenvalue weighted by atomic mass is 9.88. The smallest absolute Gasteiger partial charge is 0.113 e. The molecule has 0 amide bonds. The summed E-state index contributed by atoms with van der Waals surface area (Å²) in [6.07, 6.45) is 4.73. The first kappa shape index (κ1) is 24.0. The highest BCUT2D eigenvalue weighted by Gasteiger charge is 2.25. The molecule has 0 unspecified atom stereocenters. The van der Waals surface area contributed by atoms with Crippen molar-refractivity contribution in [2.24, 2.45) is 5.41 Å². The molecule has 1 saturated heterocycles. The maximum Gasteiger partial charge on any atom is 0.113 e. The predicted octanol–water partition coefficient (Wildman–Crippen LogP) is 6.43. The molecule has 1 fully saturated rings. The van der Waals surface area contributed by atoms with Gasteiger partial charge in [0.05, 0.1) is 17.6 Å². The summed E-state index contributed by atoms with van der Waals surface area (Å²) >= 11 is 0. The lowest BCUT2D eigenvalue weighted by molar-refractivity contribution is 0.138. The van der Waals surface area contributed by atoms with E-state index in [-0.39, 0.29) is 0 Å². The molecule has 1 aliphatic rings. The number of para-hydroxylation sites is 2. The van der Waals surface area contributed by atoms with E-state index in [1.165, 1.54) is 48.2 Å². The fraction of sp³-hybridized carbons (Fsp3) is 0.552. The highest BCUT2D eigenvalue weighted by Crippen LogP contribution is 2.31. The SMILES string of the molecule is CCOCCn1c(C2CCN(Cc3ccc(CCC(C)(C)C)cc3)CC2)nc2ccccc21. The number of nitrogens with zero attached hydrogens (tertiary/aromatic N) is 3. The molecule has 0 radical (unpaired) electrons. The van der Waals surface area contributed by atoms with Crippen LogP contribution in [0.5, 0.6) is 0 Å². The molecule has 1 aromatic heterocycles. The summed E-state index contributed by atoms with van der Waals surface area (Å²) in [5, 5.41) is 0. The van der Waals surface area contributed by atoms with E-state index in [0.29, 0.717) is 11.3 Å². The minimum absolute atomic E-state index is 0.395. The van der Waals surface area contributed by atoms with Gasteiger partial charge < -0.3 is 9.30 Å². The van der Waals surface area contributed by atoms with Crippen molar-refractivity contribution in [1.82, 2.24) is 14.5 Å². The average molecular weight is 448 g/mol. The van der Waals surface area contributed by atoms with Crippen LogP contribution in [0.25, 0.3) is 11.0 Å². The van der Waals surface area contributed by atoms with Gasteiger partial charge in [-0.3, -0.25) is 4.90 Å².